The van der Waals surface area contributed by atoms with E-state index in [4.69, 9.17) is 13.9 Å². The summed E-state index contributed by atoms with van der Waals surface area (Å²) in [6.45, 7) is 12.4. The van der Waals surface area contributed by atoms with Gasteiger partial charge in [-0.1, -0.05) is 20.8 Å². The molecule has 1 aliphatic heterocycles. The van der Waals surface area contributed by atoms with Gasteiger partial charge in [0, 0.05) is 16.8 Å². The zero-order valence-electron chi connectivity index (χ0n) is 22.1. The number of anilines is 1. The van der Waals surface area contributed by atoms with E-state index in [1.54, 1.807) is 48.5 Å². The van der Waals surface area contributed by atoms with Crippen molar-refractivity contribution in [2.75, 3.05) is 11.5 Å². The molecule has 1 atom stereocenters. The third-order valence-electron chi connectivity index (χ3n) is 6.10. The van der Waals surface area contributed by atoms with Gasteiger partial charge in [0.15, 0.2) is 0 Å². The molecule has 1 saturated heterocycles. The number of aliphatic hydroxyl groups excluding tert-OH is 1. The van der Waals surface area contributed by atoms with Crippen LogP contribution in [0.5, 0.6) is 11.5 Å². The Morgan fingerprint density at radius 1 is 1.08 bits per heavy atom. The number of benzene rings is 2. The van der Waals surface area contributed by atoms with Crippen LogP contribution in [0.4, 0.5) is 5.69 Å². The molecule has 1 amide bonds. The number of hydrogen-bond acceptors (Lipinski definition) is 6. The Labute approximate surface area is 217 Å². The van der Waals surface area contributed by atoms with Crippen LogP contribution in [0.2, 0.25) is 0 Å². The number of Topliss-reactive ketones (excluding diaryl/α,β-unsaturated/α-hetero) is 1. The van der Waals surface area contributed by atoms with E-state index in [-0.39, 0.29) is 22.9 Å². The van der Waals surface area contributed by atoms with E-state index < -0.39 is 17.7 Å². The summed E-state index contributed by atoms with van der Waals surface area (Å²) in [7, 11) is 0. The number of nitrogens with zero attached hydrogens (tertiary/aromatic N) is 1. The van der Waals surface area contributed by atoms with E-state index in [1.165, 1.54) is 11.2 Å². The van der Waals surface area contributed by atoms with E-state index in [0.717, 1.165) is 5.56 Å². The Hall–Kier alpha value is -4.00. The summed E-state index contributed by atoms with van der Waals surface area (Å²) >= 11 is 0. The van der Waals surface area contributed by atoms with Crippen LogP contribution in [0.25, 0.3) is 5.76 Å². The number of carbonyl (C=O) groups excluding carboxylic acids is 2. The Balaban J connectivity index is 1.85. The fraction of sp³-hybridized carbons (Fsp3) is 0.333. The molecule has 3 aromatic rings. The van der Waals surface area contributed by atoms with Gasteiger partial charge in [0.1, 0.15) is 29.1 Å². The normalized spacial score (nSPS) is 17.5. The average molecular weight is 504 g/mol. The van der Waals surface area contributed by atoms with Crippen LogP contribution in [-0.4, -0.2) is 29.5 Å². The molecule has 7 nitrogen and oxygen atoms in total. The first-order chi connectivity index (χ1) is 17.5. The van der Waals surface area contributed by atoms with Gasteiger partial charge in [-0.25, -0.2) is 0 Å². The lowest BCUT2D eigenvalue weighted by atomic mass is 9.84. The number of ether oxygens (including phenoxy) is 2. The van der Waals surface area contributed by atoms with Crippen molar-refractivity contribution in [2.24, 2.45) is 0 Å². The van der Waals surface area contributed by atoms with Crippen molar-refractivity contribution in [3.63, 3.8) is 0 Å². The molecule has 1 aromatic heterocycles. The fourth-order valence-electron chi connectivity index (χ4n) is 4.47. The number of carbonyl (C=O) groups is 2. The summed E-state index contributed by atoms with van der Waals surface area (Å²) < 4.78 is 17.2. The van der Waals surface area contributed by atoms with Crippen molar-refractivity contribution < 1.29 is 28.6 Å². The van der Waals surface area contributed by atoms with Crippen molar-refractivity contribution in [1.82, 2.24) is 0 Å². The monoisotopic (exact) mass is 503 g/mol. The number of furan rings is 1. The topological polar surface area (TPSA) is 89.2 Å². The van der Waals surface area contributed by atoms with Crippen molar-refractivity contribution in [3.05, 3.63) is 83.3 Å². The number of aliphatic hydroxyl groups is 1. The van der Waals surface area contributed by atoms with Gasteiger partial charge in [-0.15, -0.1) is 0 Å². The first-order valence-electron chi connectivity index (χ1n) is 12.4. The van der Waals surface area contributed by atoms with Gasteiger partial charge in [-0.2, -0.15) is 0 Å². The summed E-state index contributed by atoms with van der Waals surface area (Å²) in [5.41, 5.74) is 1.46. The minimum absolute atomic E-state index is 0.00435. The van der Waals surface area contributed by atoms with Gasteiger partial charge >= 0.3 is 0 Å². The highest BCUT2D eigenvalue weighted by Crippen LogP contribution is 2.43. The maximum absolute atomic E-state index is 13.4. The minimum atomic E-state index is -0.934. The third-order valence-corrected chi connectivity index (χ3v) is 6.10. The lowest BCUT2D eigenvalue weighted by Gasteiger charge is -2.25. The highest BCUT2D eigenvalue weighted by Gasteiger charge is 2.48. The zero-order valence-corrected chi connectivity index (χ0v) is 22.1. The zero-order chi connectivity index (χ0) is 26.9. The van der Waals surface area contributed by atoms with Crippen LogP contribution in [0.1, 0.15) is 64.5 Å². The maximum atomic E-state index is 13.4. The molecule has 1 N–H and O–H groups in total. The first kappa shape index (κ1) is 26.1. The molecule has 37 heavy (non-hydrogen) atoms. The molecule has 7 heteroatoms. The van der Waals surface area contributed by atoms with Crippen molar-refractivity contribution >= 4 is 23.1 Å². The maximum Gasteiger partial charge on any atom is 0.300 e. The van der Waals surface area contributed by atoms with Crippen LogP contribution >= 0.6 is 0 Å². The fourth-order valence-corrected chi connectivity index (χ4v) is 4.47. The molecule has 2 aromatic carbocycles. The Bertz CT molecular complexity index is 1310. The molecular weight excluding hydrogens is 470 g/mol. The smallest absolute Gasteiger partial charge is 0.300 e. The molecule has 1 aliphatic rings. The van der Waals surface area contributed by atoms with Gasteiger partial charge in [-0.3, -0.25) is 14.5 Å². The van der Waals surface area contributed by atoms with Crippen molar-refractivity contribution in [2.45, 2.75) is 59.1 Å². The lowest BCUT2D eigenvalue weighted by molar-refractivity contribution is -0.132. The van der Waals surface area contributed by atoms with E-state index >= 15 is 0 Å². The second kappa shape index (κ2) is 10.2. The molecule has 1 unspecified atom stereocenters. The highest BCUT2D eigenvalue weighted by atomic mass is 16.5. The van der Waals surface area contributed by atoms with E-state index in [9.17, 15) is 14.7 Å². The summed E-state index contributed by atoms with van der Waals surface area (Å²) in [5, 5.41) is 11.5. The summed E-state index contributed by atoms with van der Waals surface area (Å²) in [6, 6.07) is 14.6. The Morgan fingerprint density at radius 3 is 2.35 bits per heavy atom. The van der Waals surface area contributed by atoms with Crippen molar-refractivity contribution in [3.8, 4) is 11.5 Å². The quantitative estimate of drug-likeness (QED) is 0.228. The lowest BCUT2D eigenvalue weighted by Crippen LogP contribution is -2.29. The largest absolute Gasteiger partial charge is 0.507 e. The van der Waals surface area contributed by atoms with Gasteiger partial charge in [0.25, 0.3) is 11.7 Å². The molecule has 1 fully saturated rings. The van der Waals surface area contributed by atoms with Gasteiger partial charge in [0.2, 0.25) is 0 Å². The standard InChI is InChI=1S/C30H33NO6/c1-7-35-23-15-10-19(17-22(23)30(4,5)6)27(32)25-26(24-9-8-16-36-24)31(29(34)28(25)33)20-11-13-21(14-12-20)37-18(2)3/h8-18,26,32H,7H2,1-6H3/b27-25-. The predicted octanol–water partition coefficient (Wildman–Crippen LogP) is 6.39. The predicted molar refractivity (Wildman–Crippen MR) is 142 cm³/mol. The summed E-state index contributed by atoms with van der Waals surface area (Å²) in [4.78, 5) is 28.0. The van der Waals surface area contributed by atoms with Gasteiger partial charge in [0.05, 0.1) is 24.5 Å². The van der Waals surface area contributed by atoms with E-state index in [2.05, 4.69) is 0 Å². The van der Waals surface area contributed by atoms with Crippen LogP contribution in [-0.2, 0) is 15.0 Å². The Kier molecular flexibility index (Phi) is 7.16. The number of amides is 1. The summed E-state index contributed by atoms with van der Waals surface area (Å²) in [5.74, 6) is -0.0804. The molecule has 194 valence electrons. The second-order valence-electron chi connectivity index (χ2n) is 10.2. The first-order valence-corrected chi connectivity index (χ1v) is 12.4. The highest BCUT2D eigenvalue weighted by molar-refractivity contribution is 6.51. The van der Waals surface area contributed by atoms with Crippen LogP contribution in [0.3, 0.4) is 0 Å². The van der Waals surface area contributed by atoms with Gasteiger partial charge in [-0.05, 0) is 80.8 Å². The number of ketones is 1. The molecule has 0 bridgehead atoms. The van der Waals surface area contributed by atoms with Gasteiger partial charge < -0.3 is 19.0 Å². The molecule has 2 heterocycles. The molecule has 0 aliphatic carbocycles. The minimum Gasteiger partial charge on any atom is -0.507 e. The molecule has 0 radical (unpaired) electrons. The molecule has 0 saturated carbocycles. The number of hydrogen-bond donors (Lipinski definition) is 1. The van der Waals surface area contributed by atoms with Crippen LogP contribution in [0, 0.1) is 0 Å². The van der Waals surface area contributed by atoms with Crippen LogP contribution in [0.15, 0.2) is 70.9 Å². The van der Waals surface area contributed by atoms with E-state index in [1.807, 2.05) is 47.6 Å². The molecule has 4 rings (SSSR count). The van der Waals surface area contributed by atoms with Crippen molar-refractivity contribution in [1.29, 1.82) is 0 Å². The van der Waals surface area contributed by atoms with Crippen LogP contribution < -0.4 is 14.4 Å². The number of rotatable bonds is 7. The Morgan fingerprint density at radius 2 is 1.78 bits per heavy atom. The van der Waals surface area contributed by atoms with E-state index in [0.29, 0.717) is 35.1 Å². The summed E-state index contributed by atoms with van der Waals surface area (Å²) in [6.07, 6.45) is 1.47. The molecular formula is C30H33NO6. The third kappa shape index (κ3) is 5.12. The SMILES string of the molecule is CCOc1ccc(/C(O)=C2/C(=O)C(=O)N(c3ccc(OC(C)C)cc3)C2c2ccco2)cc1C(C)(C)C. The second-order valence-corrected chi connectivity index (χ2v) is 10.2. The average Bonchev–Trinajstić information content (AvgIpc) is 3.46. The molecule has 0 spiro atoms.